The van der Waals surface area contributed by atoms with Crippen LogP contribution in [0.5, 0.6) is 0 Å². The maximum atomic E-state index is 12.3. The first-order chi connectivity index (χ1) is 11.5. The molecule has 0 unspecified atom stereocenters. The number of nitrogens with zero attached hydrogens (tertiary/aromatic N) is 3. The molecule has 1 aromatic carbocycles. The Hall–Kier alpha value is -2.74. The van der Waals surface area contributed by atoms with Crippen LogP contribution in [0.25, 0.3) is 0 Å². The summed E-state index contributed by atoms with van der Waals surface area (Å²) in [5, 5.41) is 19.6. The zero-order valence-corrected chi connectivity index (χ0v) is 13.4. The van der Waals surface area contributed by atoms with Crippen LogP contribution in [0.3, 0.4) is 0 Å². The molecule has 2 N–H and O–H groups in total. The van der Waals surface area contributed by atoms with Gasteiger partial charge in [-0.05, 0) is 50.0 Å². The lowest BCUT2D eigenvalue weighted by Crippen LogP contribution is -2.19. The molecule has 8 nitrogen and oxygen atoms in total. The summed E-state index contributed by atoms with van der Waals surface area (Å²) < 4.78 is 0. The first kappa shape index (κ1) is 16.1. The Kier molecular flexibility index (Phi) is 4.57. The lowest BCUT2D eigenvalue weighted by molar-refractivity contribution is -0.385. The number of aromatic amines is 1. The van der Waals surface area contributed by atoms with E-state index in [9.17, 15) is 14.9 Å². The number of amides is 1. The standard InChI is InChI=1S/C16H19N5O3/c1-11-4-5-12(10-20-6-2-3-7-20)8-13(11)18-16(22)15-14(21(23)24)9-17-19-15/h4-5,8-9H,2-3,6-7,10H2,1H3,(H,17,19)(H,18,22). The van der Waals surface area contributed by atoms with Crippen molar-refractivity contribution in [3.8, 4) is 0 Å². The van der Waals surface area contributed by atoms with E-state index in [4.69, 9.17) is 0 Å². The fourth-order valence-electron chi connectivity index (χ4n) is 2.87. The van der Waals surface area contributed by atoms with Crippen LogP contribution in [-0.2, 0) is 6.54 Å². The minimum atomic E-state index is -0.630. The molecule has 1 aliphatic heterocycles. The summed E-state index contributed by atoms with van der Waals surface area (Å²) in [6.07, 6.45) is 3.48. The number of nitrogens with one attached hydrogen (secondary N) is 2. The molecule has 24 heavy (non-hydrogen) atoms. The van der Waals surface area contributed by atoms with Crippen molar-refractivity contribution in [2.75, 3.05) is 18.4 Å². The van der Waals surface area contributed by atoms with Gasteiger partial charge in [-0.2, -0.15) is 5.10 Å². The molecule has 1 fully saturated rings. The molecule has 0 saturated carbocycles. The largest absolute Gasteiger partial charge is 0.320 e. The van der Waals surface area contributed by atoms with E-state index in [2.05, 4.69) is 20.4 Å². The molecule has 0 aliphatic carbocycles. The van der Waals surface area contributed by atoms with Crippen LogP contribution in [0, 0.1) is 17.0 Å². The predicted octanol–water partition coefficient (Wildman–Crippen LogP) is 2.47. The SMILES string of the molecule is Cc1ccc(CN2CCCC2)cc1NC(=O)c1[nH]ncc1[N+](=O)[O-]. The minimum absolute atomic E-state index is 0.149. The molecular weight excluding hydrogens is 310 g/mol. The normalized spacial score (nSPS) is 14.7. The number of likely N-dealkylation sites (tertiary alicyclic amines) is 1. The molecule has 1 saturated heterocycles. The summed E-state index contributed by atoms with van der Waals surface area (Å²) in [6.45, 7) is 4.91. The zero-order valence-electron chi connectivity index (χ0n) is 13.4. The molecule has 8 heteroatoms. The number of hydrogen-bond donors (Lipinski definition) is 2. The van der Waals surface area contributed by atoms with Gasteiger partial charge < -0.3 is 5.32 Å². The monoisotopic (exact) mass is 329 g/mol. The highest BCUT2D eigenvalue weighted by Crippen LogP contribution is 2.22. The highest BCUT2D eigenvalue weighted by molar-refractivity contribution is 6.05. The Balaban J connectivity index is 1.77. The number of carbonyl (C=O) groups excluding carboxylic acids is 1. The Labute approximate surface area is 139 Å². The molecule has 1 amide bonds. The van der Waals surface area contributed by atoms with E-state index in [-0.39, 0.29) is 11.4 Å². The number of nitro groups is 1. The topological polar surface area (TPSA) is 104 Å². The van der Waals surface area contributed by atoms with Gasteiger partial charge in [0, 0.05) is 12.2 Å². The van der Waals surface area contributed by atoms with Crippen LogP contribution < -0.4 is 5.32 Å². The summed E-state index contributed by atoms with van der Waals surface area (Å²) in [5.41, 5.74) is 2.18. The van der Waals surface area contributed by atoms with E-state index in [1.807, 2.05) is 25.1 Å². The smallest absolute Gasteiger partial charge is 0.319 e. The highest BCUT2D eigenvalue weighted by Gasteiger charge is 2.23. The zero-order chi connectivity index (χ0) is 17.1. The van der Waals surface area contributed by atoms with E-state index in [1.54, 1.807) is 0 Å². The molecule has 126 valence electrons. The van der Waals surface area contributed by atoms with Crippen molar-refractivity contribution >= 4 is 17.3 Å². The molecule has 1 aliphatic rings. The third-order valence-corrected chi connectivity index (χ3v) is 4.20. The molecule has 0 radical (unpaired) electrons. The number of H-pyrrole nitrogens is 1. The van der Waals surface area contributed by atoms with Crippen molar-refractivity contribution in [3.63, 3.8) is 0 Å². The van der Waals surface area contributed by atoms with Gasteiger partial charge in [0.25, 0.3) is 5.91 Å². The summed E-state index contributed by atoms with van der Waals surface area (Å²) in [7, 11) is 0. The summed E-state index contributed by atoms with van der Waals surface area (Å²) in [5.74, 6) is -0.569. The van der Waals surface area contributed by atoms with E-state index in [1.165, 1.54) is 12.8 Å². The Bertz CT molecular complexity index is 765. The molecule has 0 atom stereocenters. The van der Waals surface area contributed by atoms with Gasteiger partial charge in [-0.15, -0.1) is 0 Å². The van der Waals surface area contributed by atoms with Crippen molar-refractivity contribution in [1.82, 2.24) is 15.1 Å². The quantitative estimate of drug-likeness (QED) is 0.648. The van der Waals surface area contributed by atoms with Crippen molar-refractivity contribution in [1.29, 1.82) is 0 Å². The summed E-state index contributed by atoms with van der Waals surface area (Å²) >= 11 is 0. The second kappa shape index (κ2) is 6.79. The number of benzene rings is 1. The predicted molar refractivity (Wildman–Crippen MR) is 88.9 cm³/mol. The number of aromatic nitrogens is 2. The minimum Gasteiger partial charge on any atom is -0.320 e. The lowest BCUT2D eigenvalue weighted by atomic mass is 10.1. The maximum Gasteiger partial charge on any atom is 0.319 e. The molecule has 0 spiro atoms. The van der Waals surface area contributed by atoms with E-state index in [0.717, 1.165) is 37.0 Å². The van der Waals surface area contributed by atoms with Gasteiger partial charge >= 0.3 is 5.69 Å². The first-order valence-electron chi connectivity index (χ1n) is 7.85. The van der Waals surface area contributed by atoms with Gasteiger partial charge in [-0.25, -0.2) is 0 Å². The van der Waals surface area contributed by atoms with Gasteiger partial charge in [0.1, 0.15) is 6.20 Å². The molecule has 3 rings (SSSR count). The fourth-order valence-corrected chi connectivity index (χ4v) is 2.87. The van der Waals surface area contributed by atoms with Crippen molar-refractivity contribution < 1.29 is 9.72 Å². The average molecular weight is 329 g/mol. The van der Waals surface area contributed by atoms with Crippen LogP contribution in [0.2, 0.25) is 0 Å². The Morgan fingerprint density at radius 3 is 2.88 bits per heavy atom. The third-order valence-electron chi connectivity index (χ3n) is 4.20. The average Bonchev–Trinajstić information content (AvgIpc) is 3.21. The van der Waals surface area contributed by atoms with E-state index in [0.29, 0.717) is 5.69 Å². The van der Waals surface area contributed by atoms with Crippen LogP contribution in [0.4, 0.5) is 11.4 Å². The van der Waals surface area contributed by atoms with Crippen molar-refractivity contribution in [3.05, 3.63) is 51.3 Å². The summed E-state index contributed by atoms with van der Waals surface area (Å²) in [6, 6.07) is 5.91. The molecular formula is C16H19N5O3. The first-order valence-corrected chi connectivity index (χ1v) is 7.85. The van der Waals surface area contributed by atoms with Gasteiger partial charge in [0.05, 0.1) is 4.92 Å². The van der Waals surface area contributed by atoms with Crippen LogP contribution in [0.15, 0.2) is 24.4 Å². The molecule has 2 heterocycles. The van der Waals surface area contributed by atoms with Crippen LogP contribution >= 0.6 is 0 Å². The number of rotatable bonds is 5. The highest BCUT2D eigenvalue weighted by atomic mass is 16.6. The second-order valence-corrected chi connectivity index (χ2v) is 5.97. The van der Waals surface area contributed by atoms with Crippen molar-refractivity contribution in [2.45, 2.75) is 26.3 Å². The van der Waals surface area contributed by atoms with Gasteiger partial charge in [0.15, 0.2) is 0 Å². The van der Waals surface area contributed by atoms with Crippen LogP contribution in [0.1, 0.15) is 34.5 Å². The van der Waals surface area contributed by atoms with Gasteiger partial charge in [0.2, 0.25) is 5.69 Å². The number of hydrogen-bond acceptors (Lipinski definition) is 5. The van der Waals surface area contributed by atoms with Gasteiger partial charge in [-0.3, -0.25) is 24.9 Å². The number of aryl methyl sites for hydroxylation is 1. The third kappa shape index (κ3) is 3.43. The molecule has 2 aromatic rings. The van der Waals surface area contributed by atoms with E-state index >= 15 is 0 Å². The molecule has 1 aromatic heterocycles. The summed E-state index contributed by atoms with van der Waals surface area (Å²) in [4.78, 5) is 25.0. The van der Waals surface area contributed by atoms with Crippen molar-refractivity contribution in [2.24, 2.45) is 0 Å². The Morgan fingerprint density at radius 1 is 1.42 bits per heavy atom. The fraction of sp³-hybridized carbons (Fsp3) is 0.375. The lowest BCUT2D eigenvalue weighted by Gasteiger charge is -2.16. The Morgan fingerprint density at radius 2 is 2.17 bits per heavy atom. The van der Waals surface area contributed by atoms with Crippen LogP contribution in [-0.4, -0.2) is 39.0 Å². The molecule has 0 bridgehead atoms. The number of anilines is 1. The number of carbonyl (C=O) groups is 1. The maximum absolute atomic E-state index is 12.3. The second-order valence-electron chi connectivity index (χ2n) is 5.97. The van der Waals surface area contributed by atoms with E-state index < -0.39 is 10.8 Å². The van der Waals surface area contributed by atoms with Gasteiger partial charge in [-0.1, -0.05) is 12.1 Å².